The smallest absolute Gasteiger partial charge is 1.00 e. The Morgan fingerprint density at radius 3 is 1.67 bits per heavy atom. The molecule has 0 amide bonds. The SMILES string of the molecule is CC(C)[O][Fe+].[Cl-]. The molecule has 0 aliphatic rings. The van der Waals surface area contributed by atoms with Gasteiger partial charge in [0, 0.05) is 0 Å². The van der Waals surface area contributed by atoms with Crippen LogP contribution in [0.15, 0.2) is 0 Å². The Morgan fingerprint density at radius 2 is 1.67 bits per heavy atom. The third kappa shape index (κ3) is 8.84. The van der Waals surface area contributed by atoms with Crippen LogP contribution in [0.2, 0.25) is 0 Å². The molecular weight excluding hydrogens is 143 g/mol. The van der Waals surface area contributed by atoms with E-state index in [1.807, 2.05) is 13.8 Å². The van der Waals surface area contributed by atoms with Gasteiger partial charge in [-0.25, -0.2) is 0 Å². The summed E-state index contributed by atoms with van der Waals surface area (Å²) in [4.78, 5) is 0. The predicted octanol–water partition coefficient (Wildman–Crippen LogP) is -2.12. The van der Waals surface area contributed by atoms with Crippen LogP contribution in [-0.2, 0) is 20.2 Å². The first-order valence-electron chi connectivity index (χ1n) is 1.53. The van der Waals surface area contributed by atoms with Crippen LogP contribution >= 0.6 is 0 Å². The summed E-state index contributed by atoms with van der Waals surface area (Å²) >= 11 is 3.19. The number of hydrogen-bond donors (Lipinski definition) is 0. The van der Waals surface area contributed by atoms with Gasteiger partial charge < -0.3 is 12.4 Å². The summed E-state index contributed by atoms with van der Waals surface area (Å²) in [6.07, 6.45) is 0.273. The van der Waals surface area contributed by atoms with Crippen LogP contribution in [-0.4, -0.2) is 6.10 Å². The van der Waals surface area contributed by atoms with E-state index in [4.69, 9.17) is 0 Å². The first kappa shape index (κ1) is 9.91. The summed E-state index contributed by atoms with van der Waals surface area (Å²) < 4.78 is 4.50. The summed E-state index contributed by atoms with van der Waals surface area (Å²) in [7, 11) is 0. The van der Waals surface area contributed by atoms with E-state index in [1.165, 1.54) is 0 Å². The van der Waals surface area contributed by atoms with Gasteiger partial charge in [-0.1, -0.05) is 0 Å². The van der Waals surface area contributed by atoms with E-state index >= 15 is 0 Å². The average molecular weight is 150 g/mol. The van der Waals surface area contributed by atoms with Gasteiger partial charge in [-0.2, -0.15) is 0 Å². The van der Waals surface area contributed by atoms with Crippen LogP contribution in [0, 0.1) is 0 Å². The van der Waals surface area contributed by atoms with Gasteiger partial charge >= 0.3 is 40.1 Å². The number of rotatable bonds is 1. The molecule has 1 nitrogen and oxygen atoms in total. The molecule has 0 aromatic heterocycles. The first-order chi connectivity index (χ1) is 2.27. The molecule has 0 N–H and O–H groups in total. The molecule has 0 atom stereocenters. The van der Waals surface area contributed by atoms with E-state index in [1.54, 1.807) is 0 Å². The van der Waals surface area contributed by atoms with Crippen LogP contribution in [0.4, 0.5) is 0 Å². The van der Waals surface area contributed by atoms with Crippen molar-refractivity contribution in [3.05, 3.63) is 0 Å². The van der Waals surface area contributed by atoms with Crippen LogP contribution < -0.4 is 12.4 Å². The van der Waals surface area contributed by atoms with Gasteiger partial charge in [-0.3, -0.25) is 0 Å². The maximum absolute atomic E-state index is 4.50. The zero-order valence-electron chi connectivity index (χ0n) is 3.72. The van der Waals surface area contributed by atoms with Crippen molar-refractivity contribution in [1.82, 2.24) is 0 Å². The molecule has 0 heterocycles. The fraction of sp³-hybridized carbons (Fsp3) is 1.00. The molecule has 0 fully saturated rings. The second kappa shape index (κ2) is 5.77. The molecule has 0 bridgehead atoms. The van der Waals surface area contributed by atoms with Gasteiger partial charge in [0.1, 0.15) is 0 Å². The largest absolute Gasteiger partial charge is 1.00 e. The third-order valence-corrected chi connectivity index (χ3v) is 0.687. The van der Waals surface area contributed by atoms with Crippen molar-refractivity contribution in [3.8, 4) is 0 Å². The molecular formula is C3H7ClFeO. The van der Waals surface area contributed by atoms with E-state index in [0.717, 1.165) is 0 Å². The van der Waals surface area contributed by atoms with Gasteiger partial charge in [0.25, 0.3) is 0 Å². The normalized spacial score (nSPS) is 8.00. The molecule has 0 aromatic rings. The molecule has 0 radical (unpaired) electrons. The van der Waals surface area contributed by atoms with Crippen LogP contribution in [0.3, 0.4) is 0 Å². The van der Waals surface area contributed by atoms with Crippen molar-refractivity contribution in [2.75, 3.05) is 0 Å². The minimum Gasteiger partial charge on any atom is -1.00 e. The Morgan fingerprint density at radius 1 is 1.50 bits per heavy atom. The fourth-order valence-electron chi connectivity index (χ4n) is 0. The maximum atomic E-state index is 4.50. The first-order valence-corrected chi connectivity index (χ1v) is 1.99. The fourth-order valence-corrected chi connectivity index (χ4v) is 0. The monoisotopic (exact) mass is 150 g/mol. The zero-order valence-corrected chi connectivity index (χ0v) is 5.58. The molecule has 0 saturated heterocycles. The van der Waals surface area contributed by atoms with Gasteiger partial charge in [0.05, 0.1) is 0 Å². The number of hydrogen-bond acceptors (Lipinski definition) is 1. The van der Waals surface area contributed by atoms with Crippen molar-refractivity contribution >= 4 is 0 Å². The quantitative estimate of drug-likeness (QED) is 0.388. The van der Waals surface area contributed by atoms with E-state index < -0.39 is 0 Å². The second-order valence-corrected chi connectivity index (χ2v) is 1.39. The molecule has 40 valence electrons. The summed E-state index contributed by atoms with van der Waals surface area (Å²) in [5.41, 5.74) is 0. The summed E-state index contributed by atoms with van der Waals surface area (Å²) in [6, 6.07) is 0. The van der Waals surface area contributed by atoms with E-state index in [-0.39, 0.29) is 18.5 Å². The molecule has 0 unspecified atom stereocenters. The van der Waals surface area contributed by atoms with Gasteiger partial charge in [-0.15, -0.1) is 0 Å². The Bertz CT molecular complexity index is 24.8. The minimum absolute atomic E-state index is 0. The van der Waals surface area contributed by atoms with Crippen molar-refractivity contribution < 1.29 is 32.6 Å². The maximum Gasteiger partial charge on any atom is -1.00 e. The molecule has 0 rings (SSSR count). The van der Waals surface area contributed by atoms with E-state index in [9.17, 15) is 0 Å². The van der Waals surface area contributed by atoms with Crippen LogP contribution in [0.25, 0.3) is 0 Å². The summed E-state index contributed by atoms with van der Waals surface area (Å²) in [5, 5.41) is 0. The Hall–Kier alpha value is 0.769. The Kier molecular flexibility index (Phi) is 9.53. The molecule has 6 heavy (non-hydrogen) atoms. The third-order valence-electron chi connectivity index (χ3n) is 0.167. The van der Waals surface area contributed by atoms with Crippen LogP contribution in [0.1, 0.15) is 13.8 Å². The molecule has 0 aliphatic heterocycles. The molecule has 0 aromatic carbocycles. The van der Waals surface area contributed by atoms with Crippen LogP contribution in [0.5, 0.6) is 0 Å². The summed E-state index contributed by atoms with van der Waals surface area (Å²) in [5.74, 6) is 0. The van der Waals surface area contributed by atoms with Crippen molar-refractivity contribution in [2.45, 2.75) is 20.0 Å². The molecule has 0 saturated carbocycles. The molecule has 0 spiro atoms. The van der Waals surface area contributed by atoms with E-state index in [0.29, 0.717) is 0 Å². The predicted molar refractivity (Wildman–Crippen MR) is 16.2 cm³/mol. The van der Waals surface area contributed by atoms with Gasteiger partial charge in [-0.05, 0) is 0 Å². The van der Waals surface area contributed by atoms with Crippen molar-refractivity contribution in [2.24, 2.45) is 0 Å². The summed E-state index contributed by atoms with van der Waals surface area (Å²) in [6.45, 7) is 3.88. The Balaban J connectivity index is 0. The zero-order chi connectivity index (χ0) is 4.28. The average Bonchev–Trinajstić information content (AvgIpc) is 1.38. The number of halogens is 1. The van der Waals surface area contributed by atoms with Gasteiger partial charge in [0.2, 0.25) is 0 Å². The molecule has 0 aliphatic carbocycles. The minimum atomic E-state index is 0. The van der Waals surface area contributed by atoms with Crippen molar-refractivity contribution in [1.29, 1.82) is 0 Å². The van der Waals surface area contributed by atoms with Crippen molar-refractivity contribution in [3.63, 3.8) is 0 Å². The Labute approximate surface area is 53.0 Å². The topological polar surface area (TPSA) is 9.23 Å². The van der Waals surface area contributed by atoms with E-state index in [2.05, 4.69) is 20.2 Å². The standard InChI is InChI=1S/C3H7O.ClH.Fe/c1-3(2)4;;/h3H,1-2H3;1H;/q-1;;+2/p-1. The second-order valence-electron chi connectivity index (χ2n) is 1.13. The molecule has 3 heteroatoms. The van der Waals surface area contributed by atoms with Gasteiger partial charge in [0.15, 0.2) is 0 Å².